The van der Waals surface area contributed by atoms with Gasteiger partial charge in [0.1, 0.15) is 30.8 Å². The Morgan fingerprint density at radius 1 is 1.07 bits per heavy atom. The van der Waals surface area contributed by atoms with Gasteiger partial charge in [0.2, 0.25) is 11.7 Å². The molecule has 6 unspecified atom stereocenters. The lowest BCUT2D eigenvalue weighted by Gasteiger charge is -2.60. The third-order valence-corrected chi connectivity index (χ3v) is 12.6. The second kappa shape index (κ2) is 20.2. The van der Waals surface area contributed by atoms with Gasteiger partial charge in [0.05, 0.1) is 28.9 Å². The summed E-state index contributed by atoms with van der Waals surface area (Å²) in [5.74, 6) is -0.425. The fourth-order valence-electron chi connectivity index (χ4n) is 9.70. The first kappa shape index (κ1) is 44.0. The normalized spacial score (nSPS) is 24.5. The lowest BCUT2D eigenvalue weighted by molar-refractivity contribution is -0.384. The zero-order valence-electron chi connectivity index (χ0n) is 35.5. The summed E-state index contributed by atoms with van der Waals surface area (Å²) < 4.78 is 20.9. The maximum Gasteiger partial charge on any atom is 0.269 e. The Morgan fingerprint density at radius 2 is 1.84 bits per heavy atom. The van der Waals surface area contributed by atoms with Gasteiger partial charge in [-0.25, -0.2) is 0 Å². The SMILES string of the molecule is C=CCOC12Oc3ccc(OCc4cccc(C)n4)cc3C3C(CCCCO)C(CCCCO)C=C(C(=NOCc4ccc([N+](=O)[O-])cc4)CC1N(CCC)C(=O)C1CC1)C32. The van der Waals surface area contributed by atoms with Crippen molar-refractivity contribution in [3.05, 3.63) is 118 Å². The predicted octanol–water partition coefficient (Wildman–Crippen LogP) is 8.36. The van der Waals surface area contributed by atoms with Crippen LogP contribution in [0.2, 0.25) is 0 Å². The highest BCUT2D eigenvalue weighted by Crippen LogP contribution is 2.62. The molecule has 3 aromatic rings. The molecule has 0 bridgehead atoms. The monoisotopic (exact) mass is 836 g/mol. The van der Waals surface area contributed by atoms with Gasteiger partial charge in [0, 0.05) is 61.4 Å². The van der Waals surface area contributed by atoms with Gasteiger partial charge in [0.25, 0.3) is 5.69 Å². The summed E-state index contributed by atoms with van der Waals surface area (Å²) in [6.07, 6.45) is 11.4. The van der Waals surface area contributed by atoms with Gasteiger partial charge in [-0.15, -0.1) is 6.58 Å². The summed E-state index contributed by atoms with van der Waals surface area (Å²) >= 11 is 0. The number of rotatable bonds is 22. The van der Waals surface area contributed by atoms with E-state index in [1.807, 2.05) is 42.2 Å². The number of amides is 1. The third-order valence-electron chi connectivity index (χ3n) is 12.6. The van der Waals surface area contributed by atoms with Crippen LogP contribution in [0.1, 0.15) is 99.6 Å². The number of aryl methyl sites for hydroxylation is 1. The number of oxime groups is 1. The minimum atomic E-state index is -1.33. The van der Waals surface area contributed by atoms with E-state index in [1.165, 1.54) is 12.1 Å². The maximum absolute atomic E-state index is 14.4. The molecule has 13 heteroatoms. The molecule has 3 aliphatic carbocycles. The molecule has 1 aliphatic heterocycles. The van der Waals surface area contributed by atoms with E-state index in [0.29, 0.717) is 43.0 Å². The number of fused-ring (bicyclic) bond motifs is 2. The summed E-state index contributed by atoms with van der Waals surface area (Å²) in [6, 6.07) is 17.5. The number of unbranched alkanes of at least 4 members (excludes halogenated alkanes) is 2. The molecule has 13 nitrogen and oxygen atoms in total. The molecular formula is C48H60N4O9. The molecule has 2 saturated carbocycles. The molecule has 61 heavy (non-hydrogen) atoms. The van der Waals surface area contributed by atoms with E-state index in [9.17, 15) is 25.1 Å². The Morgan fingerprint density at radius 3 is 2.52 bits per heavy atom. The number of carbonyl (C=O) groups is 1. The van der Waals surface area contributed by atoms with Gasteiger partial charge in [-0.2, -0.15) is 0 Å². The molecule has 2 heterocycles. The highest BCUT2D eigenvalue weighted by atomic mass is 16.7. The average molecular weight is 837 g/mol. The van der Waals surface area contributed by atoms with E-state index in [1.54, 1.807) is 18.2 Å². The summed E-state index contributed by atoms with van der Waals surface area (Å²) in [5, 5.41) is 36.1. The van der Waals surface area contributed by atoms with Crippen molar-refractivity contribution in [3.8, 4) is 11.5 Å². The molecule has 2 fully saturated rings. The molecule has 4 aliphatic rings. The lowest BCUT2D eigenvalue weighted by atomic mass is 9.55. The Hall–Kier alpha value is -5.11. The number of hydrogen-bond acceptors (Lipinski definition) is 11. The number of nitro benzene ring substituents is 1. The Balaban J connectivity index is 1.39. The molecule has 0 radical (unpaired) electrons. The lowest BCUT2D eigenvalue weighted by Crippen LogP contribution is -2.70. The molecule has 0 spiro atoms. The van der Waals surface area contributed by atoms with Crippen molar-refractivity contribution in [2.45, 2.75) is 109 Å². The number of allylic oxidation sites excluding steroid dienone is 1. The number of benzene rings is 2. The molecule has 2 aromatic carbocycles. The summed E-state index contributed by atoms with van der Waals surface area (Å²) in [6.45, 7) is 9.32. The molecule has 1 amide bonds. The maximum atomic E-state index is 14.4. The largest absolute Gasteiger partial charge is 0.487 e. The van der Waals surface area contributed by atoms with E-state index in [2.05, 4.69) is 30.6 Å². The Kier molecular flexibility index (Phi) is 14.5. The first-order valence-corrected chi connectivity index (χ1v) is 22.0. The summed E-state index contributed by atoms with van der Waals surface area (Å²) in [5.41, 5.74) is 5.08. The number of nitro groups is 1. The van der Waals surface area contributed by atoms with Crippen LogP contribution in [0.15, 0.2) is 90.1 Å². The highest BCUT2D eigenvalue weighted by molar-refractivity contribution is 6.03. The predicted molar refractivity (Wildman–Crippen MR) is 231 cm³/mol. The minimum absolute atomic E-state index is 0.00505. The van der Waals surface area contributed by atoms with Crippen LogP contribution in [0.3, 0.4) is 0 Å². The van der Waals surface area contributed by atoms with E-state index in [4.69, 9.17) is 24.2 Å². The average Bonchev–Trinajstić information content (AvgIpc) is 4.12. The van der Waals surface area contributed by atoms with E-state index >= 15 is 0 Å². The molecule has 7 rings (SSSR count). The van der Waals surface area contributed by atoms with Crippen molar-refractivity contribution in [1.82, 2.24) is 9.88 Å². The zero-order valence-corrected chi connectivity index (χ0v) is 35.5. The van der Waals surface area contributed by atoms with Crippen molar-refractivity contribution >= 4 is 17.3 Å². The van der Waals surface area contributed by atoms with Crippen LogP contribution in [0.4, 0.5) is 5.69 Å². The van der Waals surface area contributed by atoms with Crippen LogP contribution in [-0.4, -0.2) is 74.8 Å². The smallest absolute Gasteiger partial charge is 0.269 e. The summed E-state index contributed by atoms with van der Waals surface area (Å²) in [4.78, 5) is 38.1. The van der Waals surface area contributed by atoms with Crippen LogP contribution in [0, 0.1) is 40.7 Å². The van der Waals surface area contributed by atoms with Gasteiger partial charge in [-0.1, -0.05) is 43.1 Å². The van der Waals surface area contributed by atoms with E-state index in [0.717, 1.165) is 73.0 Å². The quantitative estimate of drug-likeness (QED) is 0.0435. The zero-order chi connectivity index (χ0) is 42.9. The van der Waals surface area contributed by atoms with Crippen LogP contribution < -0.4 is 9.47 Å². The second-order valence-electron chi connectivity index (χ2n) is 16.8. The van der Waals surface area contributed by atoms with Crippen molar-refractivity contribution in [3.63, 3.8) is 0 Å². The van der Waals surface area contributed by atoms with Crippen molar-refractivity contribution in [1.29, 1.82) is 0 Å². The number of pyridine rings is 1. The molecule has 326 valence electrons. The molecule has 2 N–H and O–H groups in total. The number of non-ortho nitro benzene ring substituents is 1. The van der Waals surface area contributed by atoms with Crippen LogP contribution in [-0.2, 0) is 27.6 Å². The van der Waals surface area contributed by atoms with Crippen LogP contribution in [0.25, 0.3) is 0 Å². The van der Waals surface area contributed by atoms with E-state index < -0.39 is 22.7 Å². The topological polar surface area (TPSA) is 166 Å². The van der Waals surface area contributed by atoms with Crippen molar-refractivity contribution in [2.24, 2.45) is 28.8 Å². The van der Waals surface area contributed by atoms with E-state index in [-0.39, 0.29) is 68.3 Å². The Bertz CT molecular complexity index is 2070. The van der Waals surface area contributed by atoms with Crippen molar-refractivity contribution in [2.75, 3.05) is 26.4 Å². The van der Waals surface area contributed by atoms with Gasteiger partial charge in [-0.05, 0) is 117 Å². The number of hydrogen-bond donors (Lipinski definition) is 2. The van der Waals surface area contributed by atoms with Crippen molar-refractivity contribution < 1.29 is 39.0 Å². The number of nitrogens with zero attached hydrogens (tertiary/aromatic N) is 4. The number of ether oxygens (including phenoxy) is 3. The molecule has 1 aromatic heterocycles. The molecule has 6 atom stereocenters. The number of aliphatic hydroxyl groups is 2. The number of aromatic nitrogens is 1. The Labute approximate surface area is 358 Å². The number of carbonyl (C=O) groups excluding carboxylic acids is 1. The number of aliphatic hydroxyl groups excluding tert-OH is 2. The van der Waals surface area contributed by atoms with Gasteiger partial charge in [0.15, 0.2) is 0 Å². The fraction of sp³-hybridized carbons (Fsp3) is 0.521. The first-order chi connectivity index (χ1) is 29.7. The third kappa shape index (κ3) is 9.84. The summed E-state index contributed by atoms with van der Waals surface area (Å²) in [7, 11) is 0. The molecular weight excluding hydrogens is 777 g/mol. The van der Waals surface area contributed by atoms with Gasteiger partial charge < -0.3 is 34.2 Å². The van der Waals surface area contributed by atoms with Gasteiger partial charge in [-0.3, -0.25) is 19.9 Å². The minimum Gasteiger partial charge on any atom is -0.487 e. The second-order valence-corrected chi connectivity index (χ2v) is 16.8. The van der Waals surface area contributed by atoms with Crippen LogP contribution in [0.5, 0.6) is 11.5 Å². The fourth-order valence-corrected chi connectivity index (χ4v) is 9.70. The highest BCUT2D eigenvalue weighted by Gasteiger charge is 2.65. The molecule has 0 saturated heterocycles. The standard InChI is InChI=1S/C48H60N4O9/c1-4-23-51(47(55)34-17-18-34)44-29-42(50-60-30-33-15-19-37(20-16-33)52(56)57)40-27-35(12-6-8-24-53)39(14-7-9-25-54)45-41-28-38(58-31-36-13-10-11-32(3)49-36)21-22-43(41)61-48(44,46(40)45)59-26-5-2/h5,10-11,13,15-16,19-22,27-28,34-35,39,44-46,53-54H,2,4,6-9,12,14,17-18,23-26,29-31H2,1,3H3. The first-order valence-electron chi connectivity index (χ1n) is 22.0. The van der Waals surface area contributed by atoms with Crippen LogP contribution >= 0.6 is 0 Å². The van der Waals surface area contributed by atoms with Gasteiger partial charge >= 0.3 is 0 Å².